The molecule has 0 saturated heterocycles. The highest BCUT2D eigenvalue weighted by atomic mass is 79.9. The van der Waals surface area contributed by atoms with E-state index in [2.05, 4.69) is 59.4 Å². The molecule has 0 aliphatic heterocycles. The maximum Gasteiger partial charge on any atom is 0.0409 e. The first-order valence-corrected chi connectivity index (χ1v) is 7.51. The first-order chi connectivity index (χ1) is 9.08. The van der Waals surface area contributed by atoms with Crippen LogP contribution in [0.2, 0.25) is 5.02 Å². The molecule has 0 heterocycles. The van der Waals surface area contributed by atoms with Crippen molar-refractivity contribution >= 4 is 27.5 Å². The van der Waals surface area contributed by atoms with Crippen molar-refractivity contribution in [3.05, 3.63) is 69.2 Å². The van der Waals surface area contributed by atoms with Gasteiger partial charge >= 0.3 is 0 Å². The topological polar surface area (TPSA) is 12.0 Å². The summed E-state index contributed by atoms with van der Waals surface area (Å²) in [5, 5.41) is 4.37. The lowest BCUT2D eigenvalue weighted by molar-refractivity contribution is 0.493. The van der Waals surface area contributed by atoms with Crippen LogP contribution in [0.5, 0.6) is 0 Å². The number of rotatable bonds is 4. The molecule has 1 unspecified atom stereocenters. The zero-order valence-electron chi connectivity index (χ0n) is 11.0. The van der Waals surface area contributed by atoms with Crippen LogP contribution in [0.3, 0.4) is 0 Å². The fourth-order valence-electron chi connectivity index (χ4n) is 2.16. The van der Waals surface area contributed by atoms with Crippen LogP contribution in [-0.2, 0) is 0 Å². The van der Waals surface area contributed by atoms with Gasteiger partial charge in [0.1, 0.15) is 0 Å². The summed E-state index contributed by atoms with van der Waals surface area (Å²) in [6, 6.07) is 16.8. The molecule has 100 valence electrons. The Morgan fingerprint density at radius 2 is 1.74 bits per heavy atom. The minimum absolute atomic E-state index is 0.251. The number of hydrogen-bond acceptors (Lipinski definition) is 1. The van der Waals surface area contributed by atoms with Crippen LogP contribution in [0.1, 0.15) is 37.1 Å². The zero-order chi connectivity index (χ0) is 13.8. The van der Waals surface area contributed by atoms with Gasteiger partial charge in [0.05, 0.1) is 0 Å². The first-order valence-electron chi connectivity index (χ1n) is 6.34. The summed E-state index contributed by atoms with van der Waals surface area (Å²) in [5.74, 6) is 0. The molecule has 0 aliphatic rings. The summed E-state index contributed by atoms with van der Waals surface area (Å²) in [6.45, 7) is 4.32. The quantitative estimate of drug-likeness (QED) is 0.774. The van der Waals surface area contributed by atoms with E-state index in [1.807, 2.05) is 24.3 Å². The highest BCUT2D eigenvalue weighted by molar-refractivity contribution is 9.10. The Kier molecular flexibility index (Phi) is 5.03. The van der Waals surface area contributed by atoms with Gasteiger partial charge in [0.15, 0.2) is 0 Å². The van der Waals surface area contributed by atoms with E-state index in [1.54, 1.807) is 0 Å². The Morgan fingerprint density at radius 1 is 1.00 bits per heavy atom. The third-order valence-electron chi connectivity index (χ3n) is 3.22. The van der Waals surface area contributed by atoms with Crippen LogP contribution in [-0.4, -0.2) is 0 Å². The van der Waals surface area contributed by atoms with Crippen molar-refractivity contribution in [1.82, 2.24) is 5.32 Å². The van der Waals surface area contributed by atoms with E-state index in [1.165, 1.54) is 11.1 Å². The second-order valence-corrected chi connectivity index (χ2v) is 5.98. The Balaban J connectivity index is 2.11. The fraction of sp³-hybridized carbons (Fsp3) is 0.250. The molecule has 0 saturated carbocycles. The Hall–Kier alpha value is -0.830. The SMILES string of the molecule is CC(N[C@@H](C)c1cccc(Cl)c1)c1ccccc1Br. The van der Waals surface area contributed by atoms with Crippen LogP contribution < -0.4 is 5.32 Å². The van der Waals surface area contributed by atoms with Gasteiger partial charge in [0.25, 0.3) is 0 Å². The van der Waals surface area contributed by atoms with Gasteiger partial charge in [-0.15, -0.1) is 0 Å². The summed E-state index contributed by atoms with van der Waals surface area (Å²) in [7, 11) is 0. The molecular weight excluding hydrogens is 322 g/mol. The van der Waals surface area contributed by atoms with Crippen molar-refractivity contribution in [1.29, 1.82) is 0 Å². The van der Waals surface area contributed by atoms with Crippen LogP contribution >= 0.6 is 27.5 Å². The van der Waals surface area contributed by atoms with Gasteiger partial charge in [-0.2, -0.15) is 0 Å². The summed E-state index contributed by atoms with van der Waals surface area (Å²) in [4.78, 5) is 0. The van der Waals surface area contributed by atoms with Crippen molar-refractivity contribution < 1.29 is 0 Å². The average Bonchev–Trinajstić information content (AvgIpc) is 2.39. The number of halogens is 2. The monoisotopic (exact) mass is 337 g/mol. The molecule has 0 amide bonds. The molecule has 2 atom stereocenters. The standard InChI is InChI=1S/C16H17BrClN/c1-11(13-6-5-7-14(18)10-13)19-12(2)15-8-3-4-9-16(15)17/h3-12,19H,1-2H3/t11-,12?/m0/s1. The Morgan fingerprint density at radius 3 is 2.42 bits per heavy atom. The third kappa shape index (κ3) is 3.82. The molecule has 3 heteroatoms. The van der Waals surface area contributed by atoms with Gasteiger partial charge in [-0.25, -0.2) is 0 Å². The summed E-state index contributed by atoms with van der Waals surface area (Å²) >= 11 is 9.63. The summed E-state index contributed by atoms with van der Waals surface area (Å²) in [5.41, 5.74) is 2.46. The van der Waals surface area contributed by atoms with Crippen LogP contribution in [0.15, 0.2) is 53.0 Å². The van der Waals surface area contributed by atoms with Crippen molar-refractivity contribution in [2.45, 2.75) is 25.9 Å². The van der Waals surface area contributed by atoms with Gasteiger partial charge in [-0.1, -0.05) is 57.9 Å². The highest BCUT2D eigenvalue weighted by Crippen LogP contribution is 2.26. The molecule has 0 aromatic heterocycles. The first kappa shape index (κ1) is 14.6. The maximum absolute atomic E-state index is 6.03. The van der Waals surface area contributed by atoms with Crippen molar-refractivity contribution in [3.8, 4) is 0 Å². The number of benzene rings is 2. The van der Waals surface area contributed by atoms with E-state index in [0.717, 1.165) is 9.50 Å². The molecule has 1 nitrogen and oxygen atoms in total. The lowest BCUT2D eigenvalue weighted by Gasteiger charge is -2.21. The minimum Gasteiger partial charge on any atom is -0.304 e. The minimum atomic E-state index is 0.251. The molecule has 0 aliphatic carbocycles. The Labute approximate surface area is 128 Å². The van der Waals surface area contributed by atoms with Crippen LogP contribution in [0.25, 0.3) is 0 Å². The third-order valence-corrected chi connectivity index (χ3v) is 4.18. The normalized spacial score (nSPS) is 14.1. The zero-order valence-corrected chi connectivity index (χ0v) is 13.4. The van der Waals surface area contributed by atoms with Crippen molar-refractivity contribution in [2.75, 3.05) is 0 Å². The molecule has 0 radical (unpaired) electrons. The predicted molar refractivity (Wildman–Crippen MR) is 85.6 cm³/mol. The van der Waals surface area contributed by atoms with Gasteiger partial charge in [0, 0.05) is 21.6 Å². The number of hydrogen-bond donors (Lipinski definition) is 1. The van der Waals surface area contributed by atoms with Gasteiger partial charge in [-0.3, -0.25) is 0 Å². The number of nitrogens with one attached hydrogen (secondary N) is 1. The van der Waals surface area contributed by atoms with Crippen LogP contribution in [0.4, 0.5) is 0 Å². The van der Waals surface area contributed by atoms with E-state index in [9.17, 15) is 0 Å². The van der Waals surface area contributed by atoms with Gasteiger partial charge < -0.3 is 5.32 Å². The summed E-state index contributed by atoms with van der Waals surface area (Å²) in [6.07, 6.45) is 0. The van der Waals surface area contributed by atoms with Gasteiger partial charge in [0.2, 0.25) is 0 Å². The largest absolute Gasteiger partial charge is 0.304 e. The molecule has 0 fully saturated rings. The molecule has 1 N–H and O–H groups in total. The van der Waals surface area contributed by atoms with E-state index in [0.29, 0.717) is 0 Å². The lowest BCUT2D eigenvalue weighted by Crippen LogP contribution is -2.22. The molecular formula is C16H17BrClN. The Bertz CT molecular complexity index is 556. The smallest absolute Gasteiger partial charge is 0.0409 e. The molecule has 0 bridgehead atoms. The molecule has 2 rings (SSSR count). The molecule has 2 aromatic rings. The predicted octanol–water partition coefficient (Wildman–Crippen LogP) is 5.51. The fourth-order valence-corrected chi connectivity index (χ4v) is 2.99. The van der Waals surface area contributed by atoms with Crippen LogP contribution in [0, 0.1) is 0 Å². The second-order valence-electron chi connectivity index (χ2n) is 4.69. The maximum atomic E-state index is 6.03. The second kappa shape index (κ2) is 6.56. The molecule has 2 aromatic carbocycles. The van der Waals surface area contributed by atoms with E-state index >= 15 is 0 Å². The van der Waals surface area contributed by atoms with Crippen molar-refractivity contribution in [3.63, 3.8) is 0 Å². The van der Waals surface area contributed by atoms with E-state index in [4.69, 9.17) is 11.6 Å². The van der Waals surface area contributed by atoms with E-state index in [-0.39, 0.29) is 12.1 Å². The lowest BCUT2D eigenvalue weighted by atomic mass is 10.0. The summed E-state index contributed by atoms with van der Waals surface area (Å²) < 4.78 is 1.13. The molecule has 19 heavy (non-hydrogen) atoms. The molecule has 0 spiro atoms. The van der Waals surface area contributed by atoms with Gasteiger partial charge in [-0.05, 0) is 43.2 Å². The van der Waals surface area contributed by atoms with Crippen molar-refractivity contribution in [2.24, 2.45) is 0 Å². The average molecular weight is 339 g/mol. The van der Waals surface area contributed by atoms with E-state index < -0.39 is 0 Å². The highest BCUT2D eigenvalue weighted by Gasteiger charge is 2.13.